The van der Waals surface area contributed by atoms with Gasteiger partial charge in [0, 0.05) is 17.0 Å². The molecule has 1 aromatic carbocycles. The van der Waals surface area contributed by atoms with E-state index in [1.165, 1.54) is 17.4 Å². The molecule has 0 fully saturated rings. The molecule has 0 amide bonds. The van der Waals surface area contributed by atoms with Crippen LogP contribution in [-0.2, 0) is 6.54 Å². The largest absolute Gasteiger partial charge is 0.491 e. The number of halogens is 1. The van der Waals surface area contributed by atoms with Gasteiger partial charge in [0.25, 0.3) is 0 Å². The van der Waals surface area contributed by atoms with Gasteiger partial charge in [-0.15, -0.1) is 11.3 Å². The molecule has 5 heteroatoms. The fraction of sp³-hybridized carbons (Fsp3) is 0.308. The van der Waals surface area contributed by atoms with E-state index in [4.69, 9.17) is 10.5 Å². The monoisotopic (exact) mass is 266 g/mol. The van der Waals surface area contributed by atoms with Crippen molar-refractivity contribution in [3.63, 3.8) is 0 Å². The lowest BCUT2D eigenvalue weighted by Crippen LogP contribution is -1.94. The summed E-state index contributed by atoms with van der Waals surface area (Å²) in [5.41, 5.74) is 7.27. The quantitative estimate of drug-likeness (QED) is 0.925. The molecule has 2 rings (SSSR count). The fourth-order valence-corrected chi connectivity index (χ4v) is 2.58. The number of rotatable bonds is 4. The first kappa shape index (κ1) is 13.0. The molecule has 0 spiro atoms. The number of benzene rings is 1. The van der Waals surface area contributed by atoms with Crippen molar-refractivity contribution in [2.45, 2.75) is 20.4 Å². The Bertz CT molecular complexity index is 554. The van der Waals surface area contributed by atoms with Crippen LogP contribution < -0.4 is 10.5 Å². The van der Waals surface area contributed by atoms with Crippen LogP contribution in [0.3, 0.4) is 0 Å². The number of ether oxygens (including phenoxy) is 1. The van der Waals surface area contributed by atoms with Crippen LogP contribution in [-0.4, -0.2) is 11.6 Å². The van der Waals surface area contributed by atoms with E-state index in [0.29, 0.717) is 13.2 Å². The van der Waals surface area contributed by atoms with E-state index in [1.54, 1.807) is 6.07 Å². The van der Waals surface area contributed by atoms with Crippen LogP contribution in [0.2, 0.25) is 0 Å². The first-order chi connectivity index (χ1) is 8.65. The van der Waals surface area contributed by atoms with Gasteiger partial charge in [-0.1, -0.05) is 0 Å². The highest BCUT2D eigenvalue weighted by molar-refractivity contribution is 7.15. The maximum atomic E-state index is 13.7. The lowest BCUT2D eigenvalue weighted by Gasteiger charge is -2.05. The van der Waals surface area contributed by atoms with Gasteiger partial charge >= 0.3 is 0 Å². The minimum atomic E-state index is -0.364. The molecule has 0 bridgehead atoms. The minimum Gasteiger partial charge on any atom is -0.491 e. The highest BCUT2D eigenvalue weighted by Gasteiger charge is 2.11. The summed E-state index contributed by atoms with van der Waals surface area (Å²) >= 11 is 1.50. The Morgan fingerprint density at radius 1 is 1.44 bits per heavy atom. The van der Waals surface area contributed by atoms with Crippen LogP contribution >= 0.6 is 11.3 Å². The molecule has 96 valence electrons. The second kappa shape index (κ2) is 5.46. The van der Waals surface area contributed by atoms with Crippen LogP contribution in [0.5, 0.6) is 5.75 Å². The maximum Gasteiger partial charge on any atom is 0.165 e. The van der Waals surface area contributed by atoms with Crippen LogP contribution in [0, 0.1) is 12.7 Å². The zero-order chi connectivity index (χ0) is 13.1. The third kappa shape index (κ3) is 2.52. The summed E-state index contributed by atoms with van der Waals surface area (Å²) in [6, 6.07) is 4.89. The zero-order valence-electron chi connectivity index (χ0n) is 10.4. The molecule has 0 aliphatic heterocycles. The molecular formula is C13H15FN2OS. The van der Waals surface area contributed by atoms with Crippen LogP contribution in [0.15, 0.2) is 18.2 Å². The highest BCUT2D eigenvalue weighted by atomic mass is 32.1. The van der Waals surface area contributed by atoms with Gasteiger partial charge in [-0.3, -0.25) is 0 Å². The van der Waals surface area contributed by atoms with Gasteiger partial charge in [0.05, 0.1) is 12.3 Å². The van der Waals surface area contributed by atoms with Crippen molar-refractivity contribution in [1.82, 2.24) is 4.98 Å². The molecule has 0 aliphatic carbocycles. The molecule has 0 unspecified atom stereocenters. The molecule has 2 N–H and O–H groups in total. The van der Waals surface area contributed by atoms with E-state index in [2.05, 4.69) is 4.98 Å². The van der Waals surface area contributed by atoms with Crippen molar-refractivity contribution in [2.24, 2.45) is 5.73 Å². The summed E-state index contributed by atoms with van der Waals surface area (Å²) in [4.78, 5) is 5.43. The SMILES string of the molecule is CCOc1ccc(-c2nc(C)c(CN)s2)cc1F. The first-order valence-corrected chi connectivity index (χ1v) is 6.56. The number of aromatic nitrogens is 1. The summed E-state index contributed by atoms with van der Waals surface area (Å²) in [6.07, 6.45) is 0. The Hall–Kier alpha value is -1.46. The van der Waals surface area contributed by atoms with E-state index >= 15 is 0 Å². The Labute approximate surface area is 109 Å². The van der Waals surface area contributed by atoms with Crippen molar-refractivity contribution in [1.29, 1.82) is 0 Å². The zero-order valence-corrected chi connectivity index (χ0v) is 11.2. The summed E-state index contributed by atoms with van der Waals surface area (Å²) < 4.78 is 18.9. The molecule has 3 nitrogen and oxygen atoms in total. The van der Waals surface area contributed by atoms with E-state index < -0.39 is 0 Å². The van der Waals surface area contributed by atoms with Gasteiger partial charge in [0.2, 0.25) is 0 Å². The van der Waals surface area contributed by atoms with Crippen molar-refractivity contribution in [3.8, 4) is 16.3 Å². The molecule has 0 radical (unpaired) electrons. The van der Waals surface area contributed by atoms with Crippen LogP contribution in [0.4, 0.5) is 4.39 Å². The van der Waals surface area contributed by atoms with Crippen LogP contribution in [0.1, 0.15) is 17.5 Å². The van der Waals surface area contributed by atoms with Gasteiger partial charge < -0.3 is 10.5 Å². The third-order valence-electron chi connectivity index (χ3n) is 2.56. The van der Waals surface area contributed by atoms with Crippen molar-refractivity contribution >= 4 is 11.3 Å². The van der Waals surface area contributed by atoms with Gasteiger partial charge in [0.15, 0.2) is 11.6 Å². The number of nitrogens with zero attached hydrogens (tertiary/aromatic N) is 1. The van der Waals surface area contributed by atoms with Crippen molar-refractivity contribution in [2.75, 3.05) is 6.61 Å². The molecule has 18 heavy (non-hydrogen) atoms. The smallest absolute Gasteiger partial charge is 0.165 e. The predicted octanol–water partition coefficient (Wildman–Crippen LogP) is 3.12. The van der Waals surface area contributed by atoms with Gasteiger partial charge in [-0.2, -0.15) is 0 Å². The van der Waals surface area contributed by atoms with E-state index in [9.17, 15) is 4.39 Å². The van der Waals surface area contributed by atoms with E-state index in [-0.39, 0.29) is 11.6 Å². The average molecular weight is 266 g/mol. The summed E-state index contributed by atoms with van der Waals surface area (Å²) in [5.74, 6) is -0.0925. The molecule has 1 aromatic heterocycles. The summed E-state index contributed by atoms with van der Waals surface area (Å²) in [5, 5.41) is 0.787. The van der Waals surface area contributed by atoms with Crippen molar-refractivity contribution < 1.29 is 9.13 Å². The summed E-state index contributed by atoms with van der Waals surface area (Å²) in [6.45, 7) is 4.64. The van der Waals surface area contributed by atoms with E-state index in [0.717, 1.165) is 21.1 Å². The number of thiazole rings is 1. The summed E-state index contributed by atoms with van der Waals surface area (Å²) in [7, 11) is 0. The predicted molar refractivity (Wildman–Crippen MR) is 71.3 cm³/mol. The number of hydrogen-bond acceptors (Lipinski definition) is 4. The minimum absolute atomic E-state index is 0.272. The molecule has 2 aromatic rings. The van der Waals surface area contributed by atoms with E-state index in [1.807, 2.05) is 19.9 Å². The number of nitrogens with two attached hydrogens (primary N) is 1. The Balaban J connectivity index is 2.35. The second-order valence-electron chi connectivity index (χ2n) is 3.81. The van der Waals surface area contributed by atoms with Gasteiger partial charge in [-0.05, 0) is 32.0 Å². The maximum absolute atomic E-state index is 13.7. The normalized spacial score (nSPS) is 10.7. The molecular weight excluding hydrogens is 251 g/mol. The van der Waals surface area contributed by atoms with Gasteiger partial charge in [-0.25, -0.2) is 9.37 Å². The molecule has 0 saturated heterocycles. The molecule has 0 atom stereocenters. The van der Waals surface area contributed by atoms with Crippen molar-refractivity contribution in [3.05, 3.63) is 34.6 Å². The molecule has 0 saturated carbocycles. The van der Waals surface area contributed by atoms with Gasteiger partial charge in [0.1, 0.15) is 5.01 Å². The molecule has 1 heterocycles. The Morgan fingerprint density at radius 2 is 2.22 bits per heavy atom. The van der Waals surface area contributed by atoms with Crippen LogP contribution in [0.25, 0.3) is 10.6 Å². The third-order valence-corrected chi connectivity index (χ3v) is 3.79. The highest BCUT2D eigenvalue weighted by Crippen LogP contribution is 2.30. The number of hydrogen-bond donors (Lipinski definition) is 1. The lowest BCUT2D eigenvalue weighted by molar-refractivity contribution is 0.321. The number of aryl methyl sites for hydroxylation is 1. The lowest BCUT2D eigenvalue weighted by atomic mass is 10.2. The molecule has 0 aliphatic rings. The average Bonchev–Trinajstić information content (AvgIpc) is 2.73. The Kier molecular flexibility index (Phi) is 3.93. The first-order valence-electron chi connectivity index (χ1n) is 5.74. The Morgan fingerprint density at radius 3 is 2.78 bits per heavy atom. The topological polar surface area (TPSA) is 48.1 Å². The second-order valence-corrected chi connectivity index (χ2v) is 4.89. The fourth-order valence-electron chi connectivity index (χ4n) is 1.65. The standard InChI is InChI=1S/C13H15FN2OS/c1-3-17-11-5-4-9(6-10(11)14)13-16-8(2)12(7-15)18-13/h4-6H,3,7,15H2,1-2H3.